The number of para-hydroxylation sites is 1. The number of methoxy groups -OCH3 is 1. The van der Waals surface area contributed by atoms with Gasteiger partial charge in [-0.3, -0.25) is 10.0 Å². The van der Waals surface area contributed by atoms with Gasteiger partial charge in [0.2, 0.25) is 11.3 Å². The number of anilines is 1. The van der Waals surface area contributed by atoms with Crippen molar-refractivity contribution in [1.29, 1.82) is 0 Å². The van der Waals surface area contributed by atoms with Gasteiger partial charge in [-0.25, -0.2) is 9.86 Å². The lowest BCUT2D eigenvalue weighted by molar-refractivity contribution is -0.147. The Labute approximate surface area is 134 Å². The van der Waals surface area contributed by atoms with Crippen molar-refractivity contribution in [3.05, 3.63) is 65.7 Å². The predicted octanol–water partition coefficient (Wildman–Crippen LogP) is 2.62. The molecule has 0 bridgehead atoms. The predicted molar refractivity (Wildman–Crippen MR) is 84.5 cm³/mol. The third-order valence-corrected chi connectivity index (χ3v) is 4.28. The molecule has 1 aliphatic carbocycles. The summed E-state index contributed by atoms with van der Waals surface area (Å²) in [6.07, 6.45) is 0.655. The van der Waals surface area contributed by atoms with Gasteiger partial charge in [-0.15, -0.1) is 0 Å². The minimum absolute atomic E-state index is 0.154. The Bertz CT molecular complexity index is 744. The van der Waals surface area contributed by atoms with Gasteiger partial charge in [0.05, 0.1) is 12.8 Å². The second-order valence-electron chi connectivity index (χ2n) is 5.49. The molecule has 1 atom stereocenters. The molecule has 0 heterocycles. The van der Waals surface area contributed by atoms with Crippen molar-refractivity contribution >= 4 is 17.4 Å². The van der Waals surface area contributed by atoms with Crippen molar-refractivity contribution in [3.8, 4) is 0 Å². The number of hydrogen-bond acceptors (Lipinski definition) is 5. The quantitative estimate of drug-likeness (QED) is 0.536. The van der Waals surface area contributed by atoms with E-state index in [1.165, 1.54) is 7.11 Å². The van der Waals surface area contributed by atoms with Crippen LogP contribution in [0.2, 0.25) is 0 Å². The fraction of sp³-hybridized carbons (Fsp3) is 0.222. The minimum atomic E-state index is -1.76. The van der Waals surface area contributed by atoms with E-state index in [4.69, 9.17) is 4.74 Å². The number of nitrogens with zero attached hydrogens (tertiary/aromatic N) is 1. The topological polar surface area (TPSA) is 66.8 Å². The van der Waals surface area contributed by atoms with Crippen molar-refractivity contribution in [2.45, 2.75) is 18.4 Å². The number of rotatable bonds is 3. The van der Waals surface area contributed by atoms with Crippen LogP contribution in [0.1, 0.15) is 22.3 Å². The Morgan fingerprint density at radius 3 is 2.48 bits per heavy atom. The summed E-state index contributed by atoms with van der Waals surface area (Å²) in [4.78, 5) is 25.5. The zero-order chi connectivity index (χ0) is 16.4. The van der Waals surface area contributed by atoms with Gasteiger partial charge >= 0.3 is 5.97 Å². The molecule has 5 nitrogen and oxygen atoms in total. The van der Waals surface area contributed by atoms with E-state index in [-0.39, 0.29) is 6.42 Å². The van der Waals surface area contributed by atoms with E-state index in [0.29, 0.717) is 17.7 Å². The molecule has 0 radical (unpaired) electrons. The van der Waals surface area contributed by atoms with Gasteiger partial charge in [-0.1, -0.05) is 42.5 Å². The minimum Gasteiger partial charge on any atom is -0.467 e. The van der Waals surface area contributed by atoms with Crippen LogP contribution < -0.4 is 5.06 Å². The molecule has 1 aliphatic rings. The lowest BCUT2D eigenvalue weighted by Gasteiger charge is -2.40. The summed E-state index contributed by atoms with van der Waals surface area (Å²) in [5.74, 6) is -1.21. The second-order valence-corrected chi connectivity index (χ2v) is 5.49. The summed E-state index contributed by atoms with van der Waals surface area (Å²) in [7, 11) is 1.22. The molecule has 2 aromatic carbocycles. The number of ketones is 1. The van der Waals surface area contributed by atoms with E-state index in [9.17, 15) is 14.8 Å². The van der Waals surface area contributed by atoms with Crippen LogP contribution in [0.3, 0.4) is 0 Å². The molecule has 0 saturated carbocycles. The highest BCUT2D eigenvalue weighted by atomic mass is 16.5. The monoisotopic (exact) mass is 311 g/mol. The van der Waals surface area contributed by atoms with Crippen LogP contribution >= 0.6 is 0 Å². The van der Waals surface area contributed by atoms with Crippen LogP contribution in [-0.4, -0.2) is 29.6 Å². The molecule has 23 heavy (non-hydrogen) atoms. The van der Waals surface area contributed by atoms with Crippen molar-refractivity contribution in [2.24, 2.45) is 0 Å². The molecule has 0 fully saturated rings. The highest BCUT2D eigenvalue weighted by Crippen LogP contribution is 2.36. The average Bonchev–Trinajstić information content (AvgIpc) is 2.62. The molecule has 0 saturated heterocycles. The molecule has 1 N–H and O–H groups in total. The first kappa shape index (κ1) is 15.2. The van der Waals surface area contributed by atoms with Gasteiger partial charge in [0.25, 0.3) is 0 Å². The first-order valence-electron chi connectivity index (χ1n) is 7.36. The Balaban J connectivity index is 2.13. The van der Waals surface area contributed by atoms with E-state index in [0.717, 1.165) is 10.6 Å². The number of carbonyl (C=O) groups is 2. The fourth-order valence-electron chi connectivity index (χ4n) is 3.05. The van der Waals surface area contributed by atoms with Crippen molar-refractivity contribution in [2.75, 3.05) is 12.2 Å². The summed E-state index contributed by atoms with van der Waals surface area (Å²) < 4.78 is 4.86. The number of carbonyl (C=O) groups excluding carboxylic acids is 2. The number of benzene rings is 2. The van der Waals surface area contributed by atoms with Crippen LogP contribution in [0.5, 0.6) is 0 Å². The Morgan fingerprint density at radius 2 is 1.78 bits per heavy atom. The molecule has 5 heteroatoms. The Kier molecular flexibility index (Phi) is 3.88. The van der Waals surface area contributed by atoms with Gasteiger partial charge in [-0.05, 0) is 30.5 Å². The molecule has 0 spiro atoms. The molecule has 0 amide bonds. The van der Waals surface area contributed by atoms with Gasteiger partial charge in [0, 0.05) is 5.56 Å². The zero-order valence-corrected chi connectivity index (χ0v) is 12.7. The Hall–Kier alpha value is -2.66. The van der Waals surface area contributed by atoms with Crippen LogP contribution in [0.15, 0.2) is 54.6 Å². The van der Waals surface area contributed by atoms with Gasteiger partial charge in [0.15, 0.2) is 0 Å². The third-order valence-electron chi connectivity index (χ3n) is 4.28. The Morgan fingerprint density at radius 1 is 1.13 bits per heavy atom. The van der Waals surface area contributed by atoms with Crippen molar-refractivity contribution < 1.29 is 19.5 Å². The van der Waals surface area contributed by atoms with Crippen LogP contribution in [0.25, 0.3) is 0 Å². The highest BCUT2D eigenvalue weighted by Gasteiger charge is 2.54. The van der Waals surface area contributed by atoms with Crippen molar-refractivity contribution in [1.82, 2.24) is 0 Å². The molecule has 0 aliphatic heterocycles. The van der Waals surface area contributed by atoms with Gasteiger partial charge < -0.3 is 4.74 Å². The second kappa shape index (κ2) is 5.85. The molecule has 2 aromatic rings. The van der Waals surface area contributed by atoms with E-state index in [1.807, 2.05) is 12.1 Å². The lowest BCUT2D eigenvalue weighted by atomic mass is 9.76. The zero-order valence-electron chi connectivity index (χ0n) is 12.7. The van der Waals surface area contributed by atoms with Gasteiger partial charge in [0.1, 0.15) is 0 Å². The van der Waals surface area contributed by atoms with E-state index < -0.39 is 17.3 Å². The van der Waals surface area contributed by atoms with Crippen molar-refractivity contribution in [3.63, 3.8) is 0 Å². The number of esters is 1. The largest absolute Gasteiger partial charge is 0.467 e. The number of aryl methyl sites for hydroxylation is 1. The summed E-state index contributed by atoms with van der Waals surface area (Å²) in [6, 6.07) is 15.7. The van der Waals surface area contributed by atoms with E-state index in [1.54, 1.807) is 42.5 Å². The summed E-state index contributed by atoms with van der Waals surface area (Å²) >= 11 is 0. The van der Waals surface area contributed by atoms with E-state index >= 15 is 0 Å². The van der Waals surface area contributed by atoms with Crippen LogP contribution in [0.4, 0.5) is 5.69 Å². The normalized spacial score (nSPS) is 19.8. The standard InChI is InChI=1S/C18H17NO4/c1-23-17(21)18(19(22)14-8-3-2-4-9-14)12-11-13-7-5-6-10-15(13)16(18)20/h2-10,22H,11-12H2,1H3. The summed E-state index contributed by atoms with van der Waals surface area (Å²) in [6.45, 7) is 0. The number of hydroxylamine groups is 1. The third kappa shape index (κ3) is 2.29. The number of Topliss-reactive ketones (excluding diaryl/α,β-unsaturated/α-hetero) is 1. The molecule has 1 unspecified atom stereocenters. The maximum absolute atomic E-state index is 13.1. The van der Waals surface area contributed by atoms with Crippen LogP contribution in [0, 0.1) is 0 Å². The lowest BCUT2D eigenvalue weighted by Crippen LogP contribution is -2.61. The molecular formula is C18H17NO4. The SMILES string of the molecule is COC(=O)C1(N(O)c2ccccc2)CCc2ccccc2C1=O. The van der Waals surface area contributed by atoms with Gasteiger partial charge in [-0.2, -0.15) is 0 Å². The summed E-state index contributed by atoms with van der Waals surface area (Å²) in [5, 5.41) is 11.5. The smallest absolute Gasteiger partial charge is 0.342 e. The molecular weight excluding hydrogens is 294 g/mol. The molecule has 3 rings (SSSR count). The highest BCUT2D eigenvalue weighted by molar-refractivity contribution is 6.20. The molecule has 0 aromatic heterocycles. The summed E-state index contributed by atoms with van der Waals surface area (Å²) in [5.41, 5.74) is -0.0759. The first-order valence-corrected chi connectivity index (χ1v) is 7.36. The van der Waals surface area contributed by atoms with E-state index in [2.05, 4.69) is 0 Å². The maximum Gasteiger partial charge on any atom is 0.342 e. The fourth-order valence-corrected chi connectivity index (χ4v) is 3.05. The first-order chi connectivity index (χ1) is 11.1. The average molecular weight is 311 g/mol. The van der Waals surface area contributed by atoms with Crippen LogP contribution in [-0.2, 0) is 16.0 Å². The number of fused-ring (bicyclic) bond motifs is 1. The molecule has 118 valence electrons. The number of ether oxygens (including phenoxy) is 1. The maximum atomic E-state index is 13.1. The number of hydrogen-bond donors (Lipinski definition) is 1.